The van der Waals surface area contributed by atoms with Crippen molar-refractivity contribution >= 4 is 0 Å². The van der Waals surface area contributed by atoms with E-state index < -0.39 is 0 Å². The van der Waals surface area contributed by atoms with E-state index in [1.807, 2.05) is 0 Å². The lowest BCUT2D eigenvalue weighted by Gasteiger charge is -2.28. The zero-order valence-electron chi connectivity index (χ0n) is 10.4. The zero-order valence-corrected chi connectivity index (χ0v) is 10.4. The molecule has 3 heteroatoms. The lowest BCUT2D eigenvalue weighted by atomic mass is 10.1. The van der Waals surface area contributed by atoms with Gasteiger partial charge in [0.1, 0.15) is 0 Å². The van der Waals surface area contributed by atoms with Gasteiger partial charge >= 0.3 is 0 Å². The second kappa shape index (κ2) is 5.17. The minimum Gasteiger partial charge on any atom is -0.314 e. The van der Waals surface area contributed by atoms with Crippen LogP contribution in [0.5, 0.6) is 0 Å². The first-order valence-corrected chi connectivity index (χ1v) is 6.64. The smallest absolute Gasteiger partial charge is 0.0241 e. The molecule has 1 N–H and O–H groups in total. The van der Waals surface area contributed by atoms with Crippen LogP contribution < -0.4 is 5.32 Å². The van der Waals surface area contributed by atoms with Gasteiger partial charge in [0.2, 0.25) is 0 Å². The summed E-state index contributed by atoms with van der Waals surface area (Å²) in [4.78, 5) is 5.13. The summed E-state index contributed by atoms with van der Waals surface area (Å²) in [6.45, 7) is 9.43. The Bertz CT molecular complexity index is 346. The molecule has 1 fully saturated rings. The molecule has 0 spiro atoms. The largest absolute Gasteiger partial charge is 0.314 e. The van der Waals surface area contributed by atoms with Crippen LogP contribution in [-0.2, 0) is 13.1 Å². The van der Waals surface area contributed by atoms with Crippen molar-refractivity contribution in [1.82, 2.24) is 15.1 Å². The number of hydrogen-bond donors (Lipinski definition) is 1. The molecule has 0 amide bonds. The Hall–Kier alpha value is -0.900. The highest BCUT2D eigenvalue weighted by Gasteiger charge is 2.18. The molecule has 0 aliphatic carbocycles. The van der Waals surface area contributed by atoms with Gasteiger partial charge < -0.3 is 5.32 Å². The molecular weight excluding hydrogens is 210 g/mol. The Balaban J connectivity index is 1.48. The molecule has 0 saturated carbocycles. The summed E-state index contributed by atoms with van der Waals surface area (Å²) >= 11 is 0. The number of hydrogen-bond acceptors (Lipinski definition) is 3. The third-order valence-electron chi connectivity index (χ3n) is 3.85. The topological polar surface area (TPSA) is 18.5 Å². The Morgan fingerprint density at radius 3 is 2.12 bits per heavy atom. The van der Waals surface area contributed by atoms with Gasteiger partial charge in [-0.2, -0.15) is 0 Å². The van der Waals surface area contributed by atoms with Crippen molar-refractivity contribution in [3.05, 3.63) is 35.4 Å². The van der Waals surface area contributed by atoms with E-state index in [2.05, 4.69) is 39.4 Å². The molecule has 1 saturated heterocycles. The van der Waals surface area contributed by atoms with Crippen LogP contribution in [0.15, 0.2) is 24.3 Å². The maximum absolute atomic E-state index is 3.40. The summed E-state index contributed by atoms with van der Waals surface area (Å²) in [5.74, 6) is 0. The molecule has 0 bridgehead atoms. The molecule has 3 rings (SSSR count). The van der Waals surface area contributed by atoms with Gasteiger partial charge in [-0.05, 0) is 11.1 Å². The fourth-order valence-corrected chi connectivity index (χ4v) is 2.78. The van der Waals surface area contributed by atoms with Crippen LogP contribution in [0.2, 0.25) is 0 Å². The molecule has 1 aromatic rings. The lowest BCUT2D eigenvalue weighted by Crippen LogP contribution is -2.45. The van der Waals surface area contributed by atoms with E-state index in [4.69, 9.17) is 0 Å². The van der Waals surface area contributed by atoms with Gasteiger partial charge in [0.05, 0.1) is 0 Å². The summed E-state index contributed by atoms with van der Waals surface area (Å²) in [6.07, 6.45) is 0. The van der Waals surface area contributed by atoms with E-state index in [0.717, 1.165) is 26.2 Å². The highest BCUT2D eigenvalue weighted by Crippen LogP contribution is 2.21. The maximum atomic E-state index is 3.40. The molecule has 1 aromatic carbocycles. The van der Waals surface area contributed by atoms with E-state index in [1.54, 1.807) is 0 Å². The highest BCUT2D eigenvalue weighted by molar-refractivity contribution is 5.30. The van der Waals surface area contributed by atoms with Crippen LogP contribution in [0.3, 0.4) is 0 Å². The van der Waals surface area contributed by atoms with Crippen molar-refractivity contribution in [2.45, 2.75) is 13.1 Å². The minimum absolute atomic E-state index is 1.14. The van der Waals surface area contributed by atoms with Crippen LogP contribution in [0.25, 0.3) is 0 Å². The predicted molar refractivity (Wildman–Crippen MR) is 69.9 cm³/mol. The molecule has 3 nitrogen and oxygen atoms in total. The number of nitrogens with one attached hydrogen (secondary N) is 1. The number of rotatable bonds is 3. The Morgan fingerprint density at radius 1 is 0.882 bits per heavy atom. The molecule has 17 heavy (non-hydrogen) atoms. The molecule has 0 aromatic heterocycles. The number of piperazine rings is 1. The first kappa shape index (κ1) is 11.2. The van der Waals surface area contributed by atoms with Crippen molar-refractivity contribution in [3.8, 4) is 0 Å². The molecule has 2 heterocycles. The summed E-state index contributed by atoms with van der Waals surface area (Å²) in [5.41, 5.74) is 3.04. The van der Waals surface area contributed by atoms with Gasteiger partial charge in [-0.25, -0.2) is 0 Å². The van der Waals surface area contributed by atoms with Gasteiger partial charge in [-0.15, -0.1) is 0 Å². The van der Waals surface area contributed by atoms with E-state index >= 15 is 0 Å². The van der Waals surface area contributed by atoms with Crippen molar-refractivity contribution in [2.24, 2.45) is 0 Å². The molecule has 0 unspecified atom stereocenters. The summed E-state index contributed by atoms with van der Waals surface area (Å²) < 4.78 is 0. The molecule has 0 radical (unpaired) electrons. The van der Waals surface area contributed by atoms with Crippen LogP contribution in [0, 0.1) is 0 Å². The maximum Gasteiger partial charge on any atom is 0.0241 e. The molecular formula is C14H21N3. The zero-order chi connectivity index (χ0) is 11.5. The van der Waals surface area contributed by atoms with Gasteiger partial charge in [0, 0.05) is 52.4 Å². The molecule has 2 aliphatic rings. The van der Waals surface area contributed by atoms with Crippen LogP contribution in [0.4, 0.5) is 0 Å². The van der Waals surface area contributed by atoms with Crippen LogP contribution >= 0.6 is 0 Å². The molecule has 0 atom stereocenters. The predicted octanol–water partition coefficient (Wildman–Crippen LogP) is 0.907. The third-order valence-corrected chi connectivity index (χ3v) is 3.85. The Labute approximate surface area is 103 Å². The molecule has 2 aliphatic heterocycles. The number of fused-ring (bicyclic) bond motifs is 1. The fraction of sp³-hybridized carbons (Fsp3) is 0.571. The van der Waals surface area contributed by atoms with E-state index in [0.29, 0.717) is 0 Å². The van der Waals surface area contributed by atoms with Crippen LogP contribution in [0.1, 0.15) is 11.1 Å². The summed E-state index contributed by atoms with van der Waals surface area (Å²) in [7, 11) is 0. The number of benzene rings is 1. The van der Waals surface area contributed by atoms with Crippen molar-refractivity contribution in [3.63, 3.8) is 0 Å². The average molecular weight is 231 g/mol. The van der Waals surface area contributed by atoms with E-state index in [9.17, 15) is 0 Å². The third kappa shape index (κ3) is 2.68. The number of nitrogens with zero attached hydrogens (tertiary/aromatic N) is 2. The minimum atomic E-state index is 1.14. The lowest BCUT2D eigenvalue weighted by molar-refractivity contribution is 0.189. The monoisotopic (exact) mass is 231 g/mol. The standard InChI is InChI=1S/C14H21N3/c1-2-4-14-12-17(11-13(14)3-1)10-9-16-7-5-15-6-8-16/h1-4,15H,5-12H2. The van der Waals surface area contributed by atoms with Gasteiger partial charge in [0.25, 0.3) is 0 Å². The normalized spacial score (nSPS) is 21.6. The van der Waals surface area contributed by atoms with Crippen molar-refractivity contribution in [1.29, 1.82) is 0 Å². The summed E-state index contributed by atoms with van der Waals surface area (Å²) in [5, 5.41) is 3.40. The SMILES string of the molecule is c1ccc2c(c1)CN(CCN1CCNCC1)C2. The van der Waals surface area contributed by atoms with Gasteiger partial charge in [-0.1, -0.05) is 24.3 Å². The average Bonchev–Trinajstić information content (AvgIpc) is 2.80. The van der Waals surface area contributed by atoms with Gasteiger partial charge in [0.15, 0.2) is 0 Å². The summed E-state index contributed by atoms with van der Waals surface area (Å²) in [6, 6.07) is 8.83. The fourth-order valence-electron chi connectivity index (χ4n) is 2.78. The van der Waals surface area contributed by atoms with E-state index in [-0.39, 0.29) is 0 Å². The van der Waals surface area contributed by atoms with Crippen molar-refractivity contribution < 1.29 is 0 Å². The quantitative estimate of drug-likeness (QED) is 0.834. The first-order valence-electron chi connectivity index (χ1n) is 6.64. The van der Waals surface area contributed by atoms with Crippen molar-refractivity contribution in [2.75, 3.05) is 39.3 Å². The second-order valence-corrected chi connectivity index (χ2v) is 5.07. The first-order chi connectivity index (χ1) is 8.42. The second-order valence-electron chi connectivity index (χ2n) is 5.07. The van der Waals surface area contributed by atoms with Crippen LogP contribution in [-0.4, -0.2) is 49.1 Å². The van der Waals surface area contributed by atoms with E-state index in [1.165, 1.54) is 37.3 Å². The Morgan fingerprint density at radius 2 is 1.47 bits per heavy atom. The van der Waals surface area contributed by atoms with Gasteiger partial charge in [-0.3, -0.25) is 9.80 Å². The highest BCUT2D eigenvalue weighted by atomic mass is 15.2. The molecule has 92 valence electrons. The Kier molecular flexibility index (Phi) is 3.41.